The molecule has 2 aromatic carbocycles. The Bertz CT molecular complexity index is 1660. The van der Waals surface area contributed by atoms with Crippen molar-refractivity contribution in [2.24, 2.45) is 12.0 Å². The number of thiazole rings is 1. The zero-order chi connectivity index (χ0) is 24.7. The number of nitrogens with zero attached hydrogens (tertiary/aromatic N) is 4. The molecule has 7 nitrogen and oxygen atoms in total. The quantitative estimate of drug-likeness (QED) is 0.484. The molecular weight excluding hydrogens is 458 g/mol. The predicted molar refractivity (Wildman–Crippen MR) is 138 cm³/mol. The highest BCUT2D eigenvalue weighted by atomic mass is 32.1. The number of benzene rings is 2. The van der Waals surface area contributed by atoms with Crippen molar-refractivity contribution < 1.29 is 4.79 Å². The lowest BCUT2D eigenvalue weighted by molar-refractivity contribution is -0.113. The third-order valence-electron chi connectivity index (χ3n) is 6.33. The van der Waals surface area contributed by atoms with Crippen molar-refractivity contribution in [1.82, 2.24) is 14.3 Å². The summed E-state index contributed by atoms with van der Waals surface area (Å²) in [6.45, 7) is 5.73. The molecule has 0 saturated heterocycles. The van der Waals surface area contributed by atoms with Crippen molar-refractivity contribution in [2.45, 2.75) is 26.8 Å². The molecule has 0 fully saturated rings. The van der Waals surface area contributed by atoms with Crippen molar-refractivity contribution in [3.8, 4) is 0 Å². The summed E-state index contributed by atoms with van der Waals surface area (Å²) in [5.41, 5.74) is 5.24. The number of fused-ring (bicyclic) bond motifs is 1. The number of hydrogen-bond acceptors (Lipinski definition) is 5. The van der Waals surface area contributed by atoms with Gasteiger partial charge in [0.1, 0.15) is 0 Å². The minimum atomic E-state index is -0.589. The molecule has 4 aromatic rings. The molecular formula is C27H25N5O2S. The molecule has 176 valence electrons. The van der Waals surface area contributed by atoms with Gasteiger partial charge in [-0.15, -0.1) is 0 Å². The highest BCUT2D eigenvalue weighted by molar-refractivity contribution is 7.07. The summed E-state index contributed by atoms with van der Waals surface area (Å²) >= 11 is 1.32. The Hall–Kier alpha value is -4.04. The number of rotatable bonds is 4. The first-order valence-corrected chi connectivity index (χ1v) is 12.1. The fourth-order valence-corrected chi connectivity index (χ4v) is 5.30. The van der Waals surface area contributed by atoms with E-state index in [2.05, 4.69) is 10.4 Å². The van der Waals surface area contributed by atoms with Gasteiger partial charge in [-0.3, -0.25) is 18.8 Å². The minimum Gasteiger partial charge on any atom is -0.322 e. The first kappa shape index (κ1) is 22.7. The van der Waals surface area contributed by atoms with Gasteiger partial charge in [-0.05, 0) is 44.0 Å². The predicted octanol–water partition coefficient (Wildman–Crippen LogP) is 3.22. The molecule has 1 N–H and O–H groups in total. The maximum absolute atomic E-state index is 13.7. The highest BCUT2D eigenvalue weighted by Gasteiger charge is 2.32. The third-order valence-corrected chi connectivity index (χ3v) is 7.32. The first-order valence-electron chi connectivity index (χ1n) is 11.3. The summed E-state index contributed by atoms with van der Waals surface area (Å²) in [7, 11) is 1.87. The van der Waals surface area contributed by atoms with Gasteiger partial charge in [0.05, 0.1) is 28.0 Å². The molecule has 1 amide bonds. The normalized spacial score (nSPS) is 15.7. The van der Waals surface area contributed by atoms with Gasteiger partial charge < -0.3 is 5.32 Å². The van der Waals surface area contributed by atoms with Gasteiger partial charge in [0, 0.05) is 24.0 Å². The Balaban J connectivity index is 1.68. The lowest BCUT2D eigenvalue weighted by Crippen LogP contribution is -2.40. The Morgan fingerprint density at radius 2 is 1.77 bits per heavy atom. The molecule has 1 aliphatic heterocycles. The summed E-state index contributed by atoms with van der Waals surface area (Å²) in [6.07, 6.45) is 3.59. The Morgan fingerprint density at radius 3 is 2.46 bits per heavy atom. The maximum Gasteiger partial charge on any atom is 0.271 e. The smallest absolute Gasteiger partial charge is 0.271 e. The standard InChI is InChI=1S/C27H25N5O2S/c1-16-10-8-9-13-21(16)30-25(33)23-17(2)29-27-32(24(23)19-11-6-5-7-12-19)26(34)22(35-27)14-20-15-28-31(4)18(20)3/h5-15,24H,1-4H3,(H,30,33). The van der Waals surface area contributed by atoms with Gasteiger partial charge in [-0.1, -0.05) is 59.9 Å². The van der Waals surface area contributed by atoms with E-state index in [4.69, 9.17) is 4.99 Å². The molecule has 0 bridgehead atoms. The molecule has 8 heteroatoms. The van der Waals surface area contributed by atoms with Crippen molar-refractivity contribution >= 4 is 29.0 Å². The van der Waals surface area contributed by atoms with E-state index in [1.165, 1.54) is 11.3 Å². The van der Waals surface area contributed by atoms with Crippen LogP contribution in [0.3, 0.4) is 0 Å². The van der Waals surface area contributed by atoms with Crippen LogP contribution in [0.15, 0.2) is 81.9 Å². The average Bonchev–Trinajstić information content (AvgIpc) is 3.33. The summed E-state index contributed by atoms with van der Waals surface area (Å²) in [6, 6.07) is 16.7. The largest absolute Gasteiger partial charge is 0.322 e. The zero-order valence-corrected chi connectivity index (χ0v) is 20.8. The van der Waals surface area contributed by atoms with Gasteiger partial charge in [-0.25, -0.2) is 4.99 Å². The molecule has 5 rings (SSSR count). The van der Waals surface area contributed by atoms with E-state index >= 15 is 0 Å². The van der Waals surface area contributed by atoms with E-state index in [0.717, 1.165) is 28.1 Å². The number of hydrogen-bond donors (Lipinski definition) is 1. The second kappa shape index (κ2) is 8.96. The molecule has 1 aliphatic rings. The van der Waals surface area contributed by atoms with E-state index in [1.54, 1.807) is 15.4 Å². The van der Waals surface area contributed by atoms with Crippen molar-refractivity contribution in [2.75, 3.05) is 5.32 Å². The van der Waals surface area contributed by atoms with Gasteiger partial charge >= 0.3 is 0 Å². The van der Waals surface area contributed by atoms with E-state index in [9.17, 15) is 9.59 Å². The molecule has 0 spiro atoms. The van der Waals surface area contributed by atoms with Crippen LogP contribution in [-0.4, -0.2) is 20.3 Å². The van der Waals surface area contributed by atoms with E-state index < -0.39 is 6.04 Å². The number of aromatic nitrogens is 3. The molecule has 1 unspecified atom stereocenters. The summed E-state index contributed by atoms with van der Waals surface area (Å²) < 4.78 is 3.96. The Morgan fingerprint density at radius 1 is 1.06 bits per heavy atom. The van der Waals surface area contributed by atoms with Crippen molar-refractivity contribution in [3.63, 3.8) is 0 Å². The monoisotopic (exact) mass is 483 g/mol. The first-order chi connectivity index (χ1) is 16.8. The van der Waals surface area contributed by atoms with E-state index in [0.29, 0.717) is 20.6 Å². The molecule has 0 radical (unpaired) electrons. The van der Waals surface area contributed by atoms with Crippen LogP contribution in [0.5, 0.6) is 0 Å². The van der Waals surface area contributed by atoms with Crippen molar-refractivity contribution in [3.05, 3.63) is 114 Å². The van der Waals surface area contributed by atoms with Crippen LogP contribution in [0.4, 0.5) is 5.69 Å². The topological polar surface area (TPSA) is 81.3 Å². The number of allylic oxidation sites excluding steroid dienone is 1. The summed E-state index contributed by atoms with van der Waals surface area (Å²) in [4.78, 5) is 32.6. The van der Waals surface area contributed by atoms with Crippen LogP contribution in [0.25, 0.3) is 6.08 Å². The Kier molecular flexibility index (Phi) is 5.82. The number of para-hydroxylation sites is 1. The minimum absolute atomic E-state index is 0.181. The van der Waals surface area contributed by atoms with Crippen LogP contribution in [0.1, 0.15) is 35.3 Å². The second-order valence-electron chi connectivity index (χ2n) is 8.57. The van der Waals surface area contributed by atoms with Gasteiger partial charge in [0.25, 0.3) is 11.5 Å². The zero-order valence-electron chi connectivity index (χ0n) is 19.9. The molecule has 3 heterocycles. The number of amides is 1. The maximum atomic E-state index is 13.7. The number of anilines is 1. The van der Waals surface area contributed by atoms with Gasteiger partial charge in [0.2, 0.25) is 0 Å². The van der Waals surface area contributed by atoms with Gasteiger partial charge in [-0.2, -0.15) is 5.10 Å². The molecule has 1 atom stereocenters. The number of nitrogens with one attached hydrogen (secondary N) is 1. The van der Waals surface area contributed by atoms with E-state index in [1.807, 2.05) is 88.5 Å². The highest BCUT2D eigenvalue weighted by Crippen LogP contribution is 2.31. The van der Waals surface area contributed by atoms with Crippen LogP contribution >= 0.6 is 11.3 Å². The fourth-order valence-electron chi connectivity index (χ4n) is 4.26. The lowest BCUT2D eigenvalue weighted by Gasteiger charge is -2.25. The number of aryl methyl sites for hydroxylation is 2. The van der Waals surface area contributed by atoms with Crippen LogP contribution in [0.2, 0.25) is 0 Å². The van der Waals surface area contributed by atoms with Crippen molar-refractivity contribution in [1.29, 1.82) is 0 Å². The molecule has 0 aliphatic carbocycles. The number of carbonyl (C=O) groups is 1. The van der Waals surface area contributed by atoms with Crippen LogP contribution in [-0.2, 0) is 11.8 Å². The second-order valence-corrected chi connectivity index (χ2v) is 9.58. The SMILES string of the molecule is CC1=C(C(=O)Nc2ccccc2C)C(c2ccccc2)n2c(sc(=Cc3cnn(C)c3C)c2=O)=N1. The number of carbonyl (C=O) groups excluding carboxylic acids is 1. The van der Waals surface area contributed by atoms with Crippen LogP contribution < -0.4 is 20.2 Å². The average molecular weight is 484 g/mol. The fraction of sp³-hybridized carbons (Fsp3) is 0.185. The summed E-state index contributed by atoms with van der Waals surface area (Å²) in [5, 5.41) is 7.31. The Labute approximate surface area is 206 Å². The molecule has 2 aromatic heterocycles. The summed E-state index contributed by atoms with van der Waals surface area (Å²) in [5.74, 6) is -0.271. The lowest BCUT2D eigenvalue weighted by atomic mass is 9.95. The molecule has 0 saturated carbocycles. The third kappa shape index (κ3) is 4.06. The van der Waals surface area contributed by atoms with E-state index in [-0.39, 0.29) is 11.5 Å². The van der Waals surface area contributed by atoms with Gasteiger partial charge in [0.15, 0.2) is 4.80 Å². The molecule has 35 heavy (non-hydrogen) atoms. The van der Waals surface area contributed by atoms with Crippen LogP contribution in [0, 0.1) is 13.8 Å².